The molecule has 1 aromatic rings. The van der Waals surface area contributed by atoms with Crippen LogP contribution in [0.15, 0.2) is 5.38 Å². The first-order valence-corrected chi connectivity index (χ1v) is 7.36. The average Bonchev–Trinajstić information content (AvgIpc) is 2.78. The summed E-state index contributed by atoms with van der Waals surface area (Å²) < 4.78 is 0. The molecule has 3 N–H and O–H groups in total. The molecule has 5 heteroatoms. The second-order valence-electron chi connectivity index (χ2n) is 4.69. The molecule has 0 aliphatic carbocycles. The normalized spacial score (nSPS) is 14.2. The van der Waals surface area contributed by atoms with Gasteiger partial charge in [-0.2, -0.15) is 0 Å². The van der Waals surface area contributed by atoms with Crippen molar-refractivity contribution in [1.29, 1.82) is 0 Å². The monoisotopic (exact) mass is 269 g/mol. The standard InChI is InChI=1S/C13H23N3OS/c1-4-9(2)12(14)13(17)15-7-5-6-11-16-10(3)8-18-11/h8-9,12H,4-7,14H2,1-3H3,(H,15,17)/t9-,12-/m0/s1. The van der Waals surface area contributed by atoms with Gasteiger partial charge in [0.05, 0.1) is 11.0 Å². The molecule has 0 saturated carbocycles. The highest BCUT2D eigenvalue weighted by Crippen LogP contribution is 2.10. The Kier molecular flexibility index (Phi) is 6.29. The van der Waals surface area contributed by atoms with Gasteiger partial charge in [0.2, 0.25) is 5.91 Å². The van der Waals surface area contributed by atoms with Gasteiger partial charge in [-0.15, -0.1) is 11.3 Å². The highest BCUT2D eigenvalue weighted by atomic mass is 32.1. The fraction of sp³-hybridized carbons (Fsp3) is 0.692. The van der Waals surface area contributed by atoms with Crippen LogP contribution in [0.1, 0.15) is 37.4 Å². The predicted molar refractivity (Wildman–Crippen MR) is 75.6 cm³/mol. The van der Waals surface area contributed by atoms with Crippen molar-refractivity contribution in [2.24, 2.45) is 11.7 Å². The van der Waals surface area contributed by atoms with Crippen LogP contribution in [0.5, 0.6) is 0 Å². The van der Waals surface area contributed by atoms with Gasteiger partial charge in [-0.05, 0) is 19.3 Å². The fourth-order valence-corrected chi connectivity index (χ4v) is 2.42. The van der Waals surface area contributed by atoms with Gasteiger partial charge in [-0.3, -0.25) is 4.79 Å². The number of thiazole rings is 1. The van der Waals surface area contributed by atoms with Crippen molar-refractivity contribution < 1.29 is 4.79 Å². The van der Waals surface area contributed by atoms with Gasteiger partial charge in [0, 0.05) is 24.0 Å². The Balaban J connectivity index is 2.19. The van der Waals surface area contributed by atoms with Gasteiger partial charge < -0.3 is 11.1 Å². The third-order valence-electron chi connectivity index (χ3n) is 3.09. The minimum absolute atomic E-state index is 0.0420. The van der Waals surface area contributed by atoms with Gasteiger partial charge >= 0.3 is 0 Å². The minimum Gasteiger partial charge on any atom is -0.355 e. The molecule has 18 heavy (non-hydrogen) atoms. The molecule has 1 rings (SSSR count). The summed E-state index contributed by atoms with van der Waals surface area (Å²) in [5, 5.41) is 6.07. The second-order valence-corrected chi connectivity index (χ2v) is 5.63. The SMILES string of the molecule is CC[C@H](C)[C@H](N)C(=O)NCCCc1nc(C)cs1. The molecular formula is C13H23N3OS. The van der Waals surface area contributed by atoms with Crippen molar-refractivity contribution in [3.8, 4) is 0 Å². The first-order chi connectivity index (χ1) is 8.54. The lowest BCUT2D eigenvalue weighted by Gasteiger charge is -2.17. The largest absolute Gasteiger partial charge is 0.355 e. The van der Waals surface area contributed by atoms with Gasteiger partial charge in [0.1, 0.15) is 0 Å². The van der Waals surface area contributed by atoms with E-state index in [4.69, 9.17) is 5.73 Å². The zero-order valence-corrected chi connectivity index (χ0v) is 12.2. The summed E-state index contributed by atoms with van der Waals surface area (Å²) in [4.78, 5) is 16.1. The average molecular weight is 269 g/mol. The molecule has 0 spiro atoms. The number of nitrogens with two attached hydrogens (primary N) is 1. The third kappa shape index (κ3) is 4.74. The molecule has 102 valence electrons. The molecule has 0 radical (unpaired) electrons. The minimum atomic E-state index is -0.392. The highest BCUT2D eigenvalue weighted by Gasteiger charge is 2.18. The highest BCUT2D eigenvalue weighted by molar-refractivity contribution is 7.09. The summed E-state index contributed by atoms with van der Waals surface area (Å²) in [6, 6.07) is -0.392. The Hall–Kier alpha value is -0.940. The molecule has 0 saturated heterocycles. The van der Waals surface area contributed by atoms with Gasteiger partial charge in [0.25, 0.3) is 0 Å². The van der Waals surface area contributed by atoms with E-state index in [1.54, 1.807) is 11.3 Å². The summed E-state index contributed by atoms with van der Waals surface area (Å²) in [7, 11) is 0. The first-order valence-electron chi connectivity index (χ1n) is 6.48. The van der Waals surface area contributed by atoms with E-state index < -0.39 is 6.04 Å². The number of nitrogens with zero attached hydrogens (tertiary/aromatic N) is 1. The van der Waals surface area contributed by atoms with Crippen molar-refractivity contribution in [2.45, 2.75) is 46.1 Å². The lowest BCUT2D eigenvalue weighted by atomic mass is 9.99. The number of carbonyl (C=O) groups excluding carboxylic acids is 1. The number of rotatable bonds is 7. The molecule has 2 atom stereocenters. The quantitative estimate of drug-likeness (QED) is 0.743. The van der Waals surface area contributed by atoms with Crippen molar-refractivity contribution in [2.75, 3.05) is 6.54 Å². The molecule has 1 aromatic heterocycles. The lowest BCUT2D eigenvalue weighted by molar-refractivity contribution is -0.123. The van der Waals surface area contributed by atoms with E-state index in [1.807, 2.05) is 26.2 Å². The maximum atomic E-state index is 11.7. The van der Waals surface area contributed by atoms with E-state index >= 15 is 0 Å². The molecule has 0 aromatic carbocycles. The lowest BCUT2D eigenvalue weighted by Crippen LogP contribution is -2.44. The van der Waals surface area contributed by atoms with Crippen LogP contribution in [0.3, 0.4) is 0 Å². The van der Waals surface area contributed by atoms with Crippen LogP contribution in [0, 0.1) is 12.8 Å². The number of nitrogens with one attached hydrogen (secondary N) is 1. The Morgan fingerprint density at radius 3 is 2.89 bits per heavy atom. The van der Waals surface area contributed by atoms with Crippen LogP contribution in [0.2, 0.25) is 0 Å². The Labute approximate surface area is 113 Å². The molecule has 0 aliphatic heterocycles. The van der Waals surface area contributed by atoms with Crippen LogP contribution in [-0.4, -0.2) is 23.5 Å². The third-order valence-corrected chi connectivity index (χ3v) is 4.12. The van der Waals surface area contributed by atoms with Gasteiger partial charge in [0.15, 0.2) is 0 Å². The van der Waals surface area contributed by atoms with E-state index in [0.29, 0.717) is 6.54 Å². The molecule has 0 fully saturated rings. The van der Waals surface area contributed by atoms with E-state index in [1.165, 1.54) is 0 Å². The van der Waals surface area contributed by atoms with Gasteiger partial charge in [-0.25, -0.2) is 4.98 Å². The van der Waals surface area contributed by atoms with Crippen LogP contribution in [0.4, 0.5) is 0 Å². The van der Waals surface area contributed by atoms with Crippen LogP contribution < -0.4 is 11.1 Å². The van der Waals surface area contributed by atoms with Crippen LogP contribution >= 0.6 is 11.3 Å². The summed E-state index contributed by atoms with van der Waals surface area (Å²) in [6.45, 7) is 6.71. The molecule has 1 amide bonds. The number of hydrogen-bond acceptors (Lipinski definition) is 4. The number of hydrogen-bond donors (Lipinski definition) is 2. The van der Waals surface area contributed by atoms with E-state index in [2.05, 4.69) is 10.3 Å². The molecule has 1 heterocycles. The maximum absolute atomic E-state index is 11.7. The van der Waals surface area contributed by atoms with E-state index in [9.17, 15) is 4.79 Å². The maximum Gasteiger partial charge on any atom is 0.237 e. The van der Waals surface area contributed by atoms with Crippen molar-refractivity contribution in [3.05, 3.63) is 16.1 Å². The molecule has 0 bridgehead atoms. The zero-order valence-electron chi connectivity index (χ0n) is 11.4. The summed E-state index contributed by atoms with van der Waals surface area (Å²) >= 11 is 1.67. The number of aryl methyl sites for hydroxylation is 2. The summed E-state index contributed by atoms with van der Waals surface area (Å²) in [5.74, 6) is 0.186. The van der Waals surface area contributed by atoms with Crippen molar-refractivity contribution in [3.63, 3.8) is 0 Å². The van der Waals surface area contributed by atoms with E-state index in [0.717, 1.165) is 30.0 Å². The summed E-state index contributed by atoms with van der Waals surface area (Å²) in [6.07, 6.45) is 2.75. The predicted octanol–water partition coefficient (Wildman–Crippen LogP) is 1.87. The topological polar surface area (TPSA) is 68.0 Å². The zero-order chi connectivity index (χ0) is 13.5. The Bertz CT molecular complexity index is 378. The number of amides is 1. The Morgan fingerprint density at radius 1 is 1.61 bits per heavy atom. The smallest absolute Gasteiger partial charge is 0.237 e. The van der Waals surface area contributed by atoms with E-state index in [-0.39, 0.29) is 11.8 Å². The van der Waals surface area contributed by atoms with Crippen LogP contribution in [-0.2, 0) is 11.2 Å². The van der Waals surface area contributed by atoms with Crippen molar-refractivity contribution >= 4 is 17.2 Å². The molecule has 0 aliphatic rings. The second kappa shape index (κ2) is 7.48. The fourth-order valence-electron chi connectivity index (χ4n) is 1.60. The first kappa shape index (κ1) is 15.1. The number of carbonyl (C=O) groups is 1. The number of aromatic nitrogens is 1. The molecule has 0 unspecified atom stereocenters. The van der Waals surface area contributed by atoms with Crippen LogP contribution in [0.25, 0.3) is 0 Å². The van der Waals surface area contributed by atoms with Gasteiger partial charge in [-0.1, -0.05) is 20.3 Å². The molecule has 4 nitrogen and oxygen atoms in total. The van der Waals surface area contributed by atoms with Crippen molar-refractivity contribution in [1.82, 2.24) is 10.3 Å². The molecular weight excluding hydrogens is 246 g/mol. The Morgan fingerprint density at radius 2 is 2.33 bits per heavy atom. The summed E-state index contributed by atoms with van der Waals surface area (Å²) in [5.41, 5.74) is 6.91.